The summed E-state index contributed by atoms with van der Waals surface area (Å²) in [6.07, 6.45) is 3.46. The van der Waals surface area contributed by atoms with E-state index in [-0.39, 0.29) is 31.6 Å². The molecule has 2 fully saturated rings. The number of esters is 1. The topological polar surface area (TPSA) is 84.9 Å². The van der Waals surface area contributed by atoms with Gasteiger partial charge in [0.15, 0.2) is 0 Å². The van der Waals surface area contributed by atoms with Crippen molar-refractivity contribution in [3.63, 3.8) is 0 Å². The molecule has 1 aromatic carbocycles. The first-order valence-electron chi connectivity index (χ1n) is 9.00. The summed E-state index contributed by atoms with van der Waals surface area (Å²) in [6.45, 7) is 1.86. The molecule has 0 radical (unpaired) electrons. The van der Waals surface area contributed by atoms with Crippen molar-refractivity contribution in [2.24, 2.45) is 5.92 Å². The molecule has 1 spiro atoms. The van der Waals surface area contributed by atoms with Gasteiger partial charge in [-0.3, -0.25) is 14.5 Å². The van der Waals surface area contributed by atoms with Gasteiger partial charge in [-0.2, -0.15) is 0 Å². The van der Waals surface area contributed by atoms with Crippen LogP contribution < -0.4 is 10.1 Å². The highest BCUT2D eigenvalue weighted by Gasteiger charge is 2.55. The Bertz CT molecular complexity index is 678. The number of carbonyl (C=O) groups excluding carboxylic acids is 3. The molecule has 1 saturated carbocycles. The second-order valence-corrected chi connectivity index (χ2v) is 6.82. The highest BCUT2D eigenvalue weighted by molar-refractivity contribution is 6.08. The molecule has 140 valence electrons. The molecule has 1 aliphatic heterocycles. The molecular weight excluding hydrogens is 336 g/mol. The molecule has 7 heteroatoms. The Kier molecular flexibility index (Phi) is 5.44. The number of ether oxygens (including phenoxy) is 2. The van der Waals surface area contributed by atoms with Gasteiger partial charge < -0.3 is 14.8 Å². The van der Waals surface area contributed by atoms with Crippen LogP contribution in [-0.2, 0) is 14.3 Å². The maximum atomic E-state index is 12.8. The third kappa shape index (κ3) is 3.66. The first-order valence-corrected chi connectivity index (χ1v) is 9.00. The number of hydrogen-bond donors (Lipinski definition) is 1. The number of para-hydroxylation sites is 1. The summed E-state index contributed by atoms with van der Waals surface area (Å²) in [5, 5.41) is 2.82. The predicted octanol–water partition coefficient (Wildman–Crippen LogP) is 2.11. The van der Waals surface area contributed by atoms with Gasteiger partial charge in [-0.1, -0.05) is 38.0 Å². The van der Waals surface area contributed by atoms with Crippen LogP contribution in [0.25, 0.3) is 0 Å². The smallest absolute Gasteiger partial charge is 0.326 e. The van der Waals surface area contributed by atoms with E-state index in [0.717, 1.165) is 24.2 Å². The number of carbonyl (C=O) groups is 3. The summed E-state index contributed by atoms with van der Waals surface area (Å²) in [7, 11) is 0. The van der Waals surface area contributed by atoms with Gasteiger partial charge in [0.25, 0.3) is 5.91 Å². The third-order valence-electron chi connectivity index (χ3n) is 5.15. The average Bonchev–Trinajstić information content (AvgIpc) is 2.87. The van der Waals surface area contributed by atoms with Crippen molar-refractivity contribution < 1.29 is 23.9 Å². The number of amides is 3. The summed E-state index contributed by atoms with van der Waals surface area (Å²) < 4.78 is 10.5. The maximum Gasteiger partial charge on any atom is 0.326 e. The number of imide groups is 1. The SMILES string of the molecule is C[C@H]1CCCC[C@]12NC(=O)N(CC(=O)OCCOc1ccccc1)C2=O. The molecule has 0 bridgehead atoms. The van der Waals surface area contributed by atoms with E-state index in [4.69, 9.17) is 9.47 Å². The van der Waals surface area contributed by atoms with Crippen molar-refractivity contribution in [2.45, 2.75) is 38.1 Å². The largest absolute Gasteiger partial charge is 0.490 e. The molecule has 26 heavy (non-hydrogen) atoms. The number of nitrogens with one attached hydrogen (secondary N) is 1. The molecule has 1 heterocycles. The molecule has 1 aromatic rings. The standard InChI is InChI=1S/C19H24N2O5/c1-14-7-5-6-10-19(14)17(23)21(18(24)20-19)13-16(22)26-12-11-25-15-8-3-2-4-9-15/h2-4,8-9,14H,5-7,10-13H2,1H3,(H,20,24)/t14-,19-/m0/s1. The normalized spacial score (nSPS) is 25.3. The van der Waals surface area contributed by atoms with Crippen molar-refractivity contribution in [3.8, 4) is 5.75 Å². The van der Waals surface area contributed by atoms with E-state index >= 15 is 0 Å². The molecule has 2 aliphatic rings. The highest BCUT2D eigenvalue weighted by Crippen LogP contribution is 2.38. The quantitative estimate of drug-likeness (QED) is 0.477. The van der Waals surface area contributed by atoms with E-state index in [1.807, 2.05) is 25.1 Å². The fraction of sp³-hybridized carbons (Fsp3) is 0.526. The first kappa shape index (κ1) is 18.2. The second kappa shape index (κ2) is 7.76. The molecule has 1 aliphatic carbocycles. The molecule has 3 amide bonds. The van der Waals surface area contributed by atoms with Gasteiger partial charge in [-0.05, 0) is 30.9 Å². The molecule has 0 aromatic heterocycles. The summed E-state index contributed by atoms with van der Waals surface area (Å²) in [5.74, 6) is -0.184. The van der Waals surface area contributed by atoms with Crippen LogP contribution in [0.3, 0.4) is 0 Å². The Morgan fingerprint density at radius 1 is 1.23 bits per heavy atom. The lowest BCUT2D eigenvalue weighted by Crippen LogP contribution is -2.54. The first-order chi connectivity index (χ1) is 12.5. The van der Waals surface area contributed by atoms with E-state index in [1.54, 1.807) is 12.1 Å². The van der Waals surface area contributed by atoms with Gasteiger partial charge in [0, 0.05) is 0 Å². The number of rotatable bonds is 6. The molecule has 0 unspecified atom stereocenters. The highest BCUT2D eigenvalue weighted by atomic mass is 16.6. The monoisotopic (exact) mass is 360 g/mol. The van der Waals surface area contributed by atoms with E-state index in [0.29, 0.717) is 12.2 Å². The molecule has 1 saturated heterocycles. The Morgan fingerprint density at radius 2 is 2.00 bits per heavy atom. The second-order valence-electron chi connectivity index (χ2n) is 6.82. The van der Waals surface area contributed by atoms with Crippen LogP contribution in [0.15, 0.2) is 30.3 Å². The van der Waals surface area contributed by atoms with Crippen molar-refractivity contribution in [2.75, 3.05) is 19.8 Å². The predicted molar refractivity (Wildman–Crippen MR) is 93.5 cm³/mol. The molecular formula is C19H24N2O5. The number of urea groups is 1. The fourth-order valence-electron chi connectivity index (χ4n) is 3.65. The van der Waals surface area contributed by atoms with Gasteiger partial charge in [0.2, 0.25) is 0 Å². The van der Waals surface area contributed by atoms with Crippen LogP contribution >= 0.6 is 0 Å². The Balaban J connectivity index is 1.48. The Hall–Kier alpha value is -2.57. The summed E-state index contributed by atoms with van der Waals surface area (Å²) >= 11 is 0. The lowest BCUT2D eigenvalue weighted by molar-refractivity contribution is -0.149. The van der Waals surface area contributed by atoms with E-state index in [2.05, 4.69) is 5.32 Å². The Labute approximate surface area is 152 Å². The minimum Gasteiger partial charge on any atom is -0.490 e. The lowest BCUT2D eigenvalue weighted by Gasteiger charge is -2.36. The summed E-state index contributed by atoms with van der Waals surface area (Å²) in [5.41, 5.74) is -0.855. The molecule has 2 atom stereocenters. The van der Waals surface area contributed by atoms with Gasteiger partial charge in [0.05, 0.1) is 0 Å². The van der Waals surface area contributed by atoms with Crippen molar-refractivity contribution in [1.29, 1.82) is 0 Å². The van der Waals surface area contributed by atoms with E-state index in [1.165, 1.54) is 0 Å². The van der Waals surface area contributed by atoms with Crippen LogP contribution in [0.2, 0.25) is 0 Å². The Morgan fingerprint density at radius 3 is 2.73 bits per heavy atom. The third-order valence-corrected chi connectivity index (χ3v) is 5.15. The van der Waals surface area contributed by atoms with Gasteiger partial charge in [-0.25, -0.2) is 4.79 Å². The number of hydrogen-bond acceptors (Lipinski definition) is 5. The summed E-state index contributed by atoms with van der Waals surface area (Å²) in [4.78, 5) is 38.0. The maximum absolute atomic E-state index is 12.8. The minimum absolute atomic E-state index is 0.0545. The van der Waals surface area contributed by atoms with Crippen molar-refractivity contribution >= 4 is 17.9 Å². The van der Waals surface area contributed by atoms with Gasteiger partial charge in [0.1, 0.15) is 31.0 Å². The van der Waals surface area contributed by atoms with E-state index < -0.39 is 17.5 Å². The van der Waals surface area contributed by atoms with E-state index in [9.17, 15) is 14.4 Å². The molecule has 1 N–H and O–H groups in total. The average molecular weight is 360 g/mol. The zero-order chi connectivity index (χ0) is 18.6. The lowest BCUT2D eigenvalue weighted by atomic mass is 9.73. The summed E-state index contributed by atoms with van der Waals surface area (Å²) in [6, 6.07) is 8.67. The van der Waals surface area contributed by atoms with Crippen molar-refractivity contribution in [1.82, 2.24) is 10.2 Å². The van der Waals surface area contributed by atoms with Crippen LogP contribution in [-0.4, -0.2) is 48.1 Å². The van der Waals surface area contributed by atoms with Gasteiger partial charge >= 0.3 is 12.0 Å². The van der Waals surface area contributed by atoms with Crippen molar-refractivity contribution in [3.05, 3.63) is 30.3 Å². The van der Waals surface area contributed by atoms with Crippen LogP contribution in [0.4, 0.5) is 4.79 Å². The zero-order valence-electron chi connectivity index (χ0n) is 14.9. The van der Waals surface area contributed by atoms with Crippen LogP contribution in [0, 0.1) is 5.92 Å². The number of nitrogens with zero attached hydrogens (tertiary/aromatic N) is 1. The van der Waals surface area contributed by atoms with Gasteiger partial charge in [-0.15, -0.1) is 0 Å². The molecule has 7 nitrogen and oxygen atoms in total. The van der Waals surface area contributed by atoms with Crippen LogP contribution in [0.1, 0.15) is 32.6 Å². The molecule has 3 rings (SSSR count). The minimum atomic E-state index is -0.855. The fourth-order valence-corrected chi connectivity index (χ4v) is 3.65. The number of benzene rings is 1. The van der Waals surface area contributed by atoms with Crippen LogP contribution in [0.5, 0.6) is 5.75 Å². The zero-order valence-corrected chi connectivity index (χ0v) is 14.9.